The standard InChI is InChI=1S/C16H21ClN4S/c1-10(13-5-7-14(17)8-6-13)21-16(18-4)19-9-15-11(2)20-12(3)22-15/h5-8,10H,9H2,1-4H3,(H2,18,19,21). The van der Waals surface area contributed by atoms with Gasteiger partial charge in [-0.1, -0.05) is 23.7 Å². The summed E-state index contributed by atoms with van der Waals surface area (Å²) < 4.78 is 0. The van der Waals surface area contributed by atoms with Gasteiger partial charge in [0.25, 0.3) is 0 Å². The summed E-state index contributed by atoms with van der Waals surface area (Å²) >= 11 is 7.64. The van der Waals surface area contributed by atoms with Gasteiger partial charge in [-0.25, -0.2) is 4.98 Å². The van der Waals surface area contributed by atoms with Crippen molar-refractivity contribution in [2.24, 2.45) is 4.99 Å². The molecule has 2 N–H and O–H groups in total. The van der Waals surface area contributed by atoms with E-state index in [1.807, 2.05) is 38.1 Å². The SMILES string of the molecule is CN=C(NCc1sc(C)nc1C)NC(C)c1ccc(Cl)cc1. The Morgan fingerprint density at radius 3 is 2.55 bits per heavy atom. The highest BCUT2D eigenvalue weighted by molar-refractivity contribution is 7.11. The van der Waals surface area contributed by atoms with Gasteiger partial charge in [-0.05, 0) is 38.5 Å². The second-order valence-corrected chi connectivity index (χ2v) is 6.81. The average Bonchev–Trinajstić information content (AvgIpc) is 2.81. The van der Waals surface area contributed by atoms with Crippen molar-refractivity contribution in [3.8, 4) is 0 Å². The molecule has 1 aromatic heterocycles. The zero-order chi connectivity index (χ0) is 16.1. The number of hydrogen-bond acceptors (Lipinski definition) is 3. The summed E-state index contributed by atoms with van der Waals surface area (Å²) in [7, 11) is 1.77. The quantitative estimate of drug-likeness (QED) is 0.658. The van der Waals surface area contributed by atoms with E-state index in [1.165, 1.54) is 4.88 Å². The number of nitrogens with one attached hydrogen (secondary N) is 2. The lowest BCUT2D eigenvalue weighted by Crippen LogP contribution is -2.38. The number of hydrogen-bond donors (Lipinski definition) is 2. The first-order valence-corrected chi connectivity index (χ1v) is 8.34. The number of guanidine groups is 1. The van der Waals surface area contributed by atoms with Crippen molar-refractivity contribution in [3.05, 3.63) is 50.4 Å². The van der Waals surface area contributed by atoms with Gasteiger partial charge >= 0.3 is 0 Å². The number of halogens is 1. The fourth-order valence-corrected chi connectivity index (χ4v) is 3.14. The Hall–Kier alpha value is -1.59. The third kappa shape index (κ3) is 4.45. The molecule has 0 aliphatic heterocycles. The van der Waals surface area contributed by atoms with Crippen molar-refractivity contribution in [3.63, 3.8) is 0 Å². The van der Waals surface area contributed by atoms with Crippen molar-refractivity contribution in [2.45, 2.75) is 33.4 Å². The Kier molecular flexibility index (Phi) is 5.80. The van der Waals surface area contributed by atoms with Gasteiger partial charge in [-0.15, -0.1) is 11.3 Å². The molecule has 4 nitrogen and oxygen atoms in total. The summed E-state index contributed by atoms with van der Waals surface area (Å²) in [5, 5.41) is 8.55. The second-order valence-electron chi connectivity index (χ2n) is 5.08. The number of thiazole rings is 1. The van der Waals surface area contributed by atoms with Crippen LogP contribution in [0.15, 0.2) is 29.3 Å². The van der Waals surface area contributed by atoms with Crippen LogP contribution in [-0.4, -0.2) is 18.0 Å². The van der Waals surface area contributed by atoms with Gasteiger partial charge in [-0.3, -0.25) is 4.99 Å². The van der Waals surface area contributed by atoms with Gasteiger partial charge in [0.05, 0.1) is 23.3 Å². The van der Waals surface area contributed by atoms with Crippen molar-refractivity contribution in [1.82, 2.24) is 15.6 Å². The maximum atomic E-state index is 5.92. The van der Waals surface area contributed by atoms with Gasteiger partial charge in [0.2, 0.25) is 0 Å². The molecule has 1 aromatic carbocycles. The van der Waals surface area contributed by atoms with Crippen LogP contribution in [0.2, 0.25) is 5.02 Å². The molecule has 0 fully saturated rings. The summed E-state index contributed by atoms with van der Waals surface area (Å²) in [6.45, 7) is 6.88. The van der Waals surface area contributed by atoms with E-state index >= 15 is 0 Å². The molecule has 0 radical (unpaired) electrons. The smallest absolute Gasteiger partial charge is 0.191 e. The maximum Gasteiger partial charge on any atom is 0.191 e. The van der Waals surface area contributed by atoms with Crippen LogP contribution < -0.4 is 10.6 Å². The number of benzene rings is 1. The minimum absolute atomic E-state index is 0.146. The Balaban J connectivity index is 1.94. The third-order valence-corrected chi connectivity index (χ3v) is 4.69. The van der Waals surface area contributed by atoms with Gasteiger partial charge in [0.1, 0.15) is 0 Å². The molecule has 1 atom stereocenters. The Morgan fingerprint density at radius 2 is 2.00 bits per heavy atom. The highest BCUT2D eigenvalue weighted by Gasteiger charge is 2.09. The molecular weight excluding hydrogens is 316 g/mol. The lowest BCUT2D eigenvalue weighted by Gasteiger charge is -2.18. The fraction of sp³-hybridized carbons (Fsp3) is 0.375. The van der Waals surface area contributed by atoms with E-state index in [4.69, 9.17) is 11.6 Å². The molecule has 22 heavy (non-hydrogen) atoms. The highest BCUT2D eigenvalue weighted by atomic mass is 35.5. The van der Waals surface area contributed by atoms with Crippen molar-refractivity contribution in [2.75, 3.05) is 7.05 Å². The molecular formula is C16H21ClN4S. The van der Waals surface area contributed by atoms with E-state index in [0.29, 0.717) is 0 Å². The van der Waals surface area contributed by atoms with E-state index in [0.717, 1.165) is 33.8 Å². The minimum Gasteiger partial charge on any atom is -0.351 e. The van der Waals surface area contributed by atoms with Crippen LogP contribution in [0.3, 0.4) is 0 Å². The lowest BCUT2D eigenvalue weighted by atomic mass is 10.1. The topological polar surface area (TPSA) is 49.3 Å². The van der Waals surface area contributed by atoms with E-state index in [1.54, 1.807) is 18.4 Å². The van der Waals surface area contributed by atoms with E-state index in [-0.39, 0.29) is 6.04 Å². The van der Waals surface area contributed by atoms with Crippen molar-refractivity contribution < 1.29 is 0 Å². The zero-order valence-electron chi connectivity index (χ0n) is 13.3. The number of aliphatic imine (C=N–C) groups is 1. The normalized spacial score (nSPS) is 13.0. The molecule has 0 aliphatic rings. The highest BCUT2D eigenvalue weighted by Crippen LogP contribution is 2.17. The molecule has 2 rings (SSSR count). The van der Waals surface area contributed by atoms with Crippen molar-refractivity contribution in [1.29, 1.82) is 0 Å². The summed E-state index contributed by atoms with van der Waals surface area (Å²) in [4.78, 5) is 9.95. The molecule has 6 heteroatoms. The third-order valence-electron chi connectivity index (χ3n) is 3.36. The van der Waals surface area contributed by atoms with Crippen molar-refractivity contribution >= 4 is 28.9 Å². The first-order chi connectivity index (χ1) is 10.5. The minimum atomic E-state index is 0.146. The van der Waals surface area contributed by atoms with Gasteiger partial charge in [0.15, 0.2) is 5.96 Å². The molecule has 0 amide bonds. The van der Waals surface area contributed by atoms with Crippen LogP contribution in [0.1, 0.15) is 34.1 Å². The zero-order valence-corrected chi connectivity index (χ0v) is 14.8. The predicted octanol–water partition coefficient (Wildman–Crippen LogP) is 3.84. The van der Waals surface area contributed by atoms with Crippen LogP contribution in [0, 0.1) is 13.8 Å². The number of aryl methyl sites for hydroxylation is 2. The molecule has 1 heterocycles. The van der Waals surface area contributed by atoms with E-state index in [9.17, 15) is 0 Å². The first kappa shape index (κ1) is 16.8. The predicted molar refractivity (Wildman–Crippen MR) is 94.8 cm³/mol. The summed E-state index contributed by atoms with van der Waals surface area (Å²) in [5.41, 5.74) is 2.24. The van der Waals surface area contributed by atoms with E-state index in [2.05, 4.69) is 27.5 Å². The molecule has 0 aliphatic carbocycles. The molecule has 0 bridgehead atoms. The van der Waals surface area contributed by atoms with Gasteiger partial charge in [0, 0.05) is 16.9 Å². The van der Waals surface area contributed by atoms with Crippen LogP contribution in [0.25, 0.3) is 0 Å². The molecule has 2 aromatic rings. The number of rotatable bonds is 4. The lowest BCUT2D eigenvalue weighted by molar-refractivity contribution is 0.686. The van der Waals surface area contributed by atoms with Crippen LogP contribution in [0.4, 0.5) is 0 Å². The Labute approximate surface area is 140 Å². The fourth-order valence-electron chi connectivity index (χ4n) is 2.14. The van der Waals surface area contributed by atoms with Crippen LogP contribution in [0.5, 0.6) is 0 Å². The maximum absolute atomic E-state index is 5.92. The first-order valence-electron chi connectivity index (χ1n) is 7.15. The van der Waals surface area contributed by atoms with Gasteiger partial charge in [-0.2, -0.15) is 0 Å². The molecule has 0 saturated carbocycles. The average molecular weight is 337 g/mol. The van der Waals surface area contributed by atoms with Crippen LogP contribution >= 0.6 is 22.9 Å². The Bertz CT molecular complexity index is 649. The van der Waals surface area contributed by atoms with Crippen LogP contribution in [-0.2, 0) is 6.54 Å². The molecule has 0 saturated heterocycles. The summed E-state index contributed by atoms with van der Waals surface area (Å²) in [5.74, 6) is 0.771. The summed E-state index contributed by atoms with van der Waals surface area (Å²) in [6, 6.07) is 7.98. The molecule has 1 unspecified atom stereocenters. The van der Waals surface area contributed by atoms with E-state index < -0.39 is 0 Å². The molecule has 0 spiro atoms. The second kappa shape index (κ2) is 7.61. The monoisotopic (exact) mass is 336 g/mol. The molecule has 118 valence electrons. The largest absolute Gasteiger partial charge is 0.351 e. The number of nitrogens with zero attached hydrogens (tertiary/aromatic N) is 2. The van der Waals surface area contributed by atoms with Gasteiger partial charge < -0.3 is 10.6 Å². The Morgan fingerprint density at radius 1 is 1.32 bits per heavy atom. The summed E-state index contributed by atoms with van der Waals surface area (Å²) in [6.07, 6.45) is 0. The number of aromatic nitrogens is 1.